The lowest BCUT2D eigenvalue weighted by Gasteiger charge is -2.21. The van der Waals surface area contributed by atoms with Gasteiger partial charge in [0.05, 0.1) is 12.8 Å². The second kappa shape index (κ2) is 5.03. The fourth-order valence-corrected chi connectivity index (χ4v) is 2.80. The van der Waals surface area contributed by atoms with E-state index in [0.29, 0.717) is 18.3 Å². The second-order valence-corrected chi connectivity index (χ2v) is 5.78. The monoisotopic (exact) mass is 292 g/mol. The largest absolute Gasteiger partial charge is 0.481 e. The topological polar surface area (TPSA) is 44.1 Å². The maximum absolute atomic E-state index is 12.1. The molecule has 1 saturated carbocycles. The molecule has 1 aromatic heterocycles. The third kappa shape index (κ3) is 2.29. The van der Waals surface area contributed by atoms with Crippen LogP contribution < -0.4 is 10.4 Å². The van der Waals surface area contributed by atoms with Gasteiger partial charge in [-0.05, 0) is 37.0 Å². The maximum atomic E-state index is 12.1. The van der Waals surface area contributed by atoms with Gasteiger partial charge in [-0.2, -0.15) is 4.98 Å². The van der Waals surface area contributed by atoms with Crippen molar-refractivity contribution < 1.29 is 4.74 Å². The van der Waals surface area contributed by atoms with Gasteiger partial charge in [-0.25, -0.2) is 4.79 Å². The fraction of sp³-hybridized carbons (Fsp3) is 0.333. The molecule has 0 atom stereocenters. The second-order valence-electron chi connectivity index (χ2n) is 5.78. The van der Waals surface area contributed by atoms with E-state index in [2.05, 4.69) is 29.0 Å². The normalized spacial score (nSPS) is 15.3. The van der Waals surface area contributed by atoms with Crippen molar-refractivity contribution in [1.29, 1.82) is 0 Å². The minimum atomic E-state index is -0.252. The van der Waals surface area contributed by atoms with Crippen LogP contribution in [0.4, 0.5) is 0 Å². The molecule has 110 valence electrons. The van der Waals surface area contributed by atoms with Gasteiger partial charge in [0.1, 0.15) is 0 Å². The number of methoxy groups -OCH3 is 1. The van der Waals surface area contributed by atoms with Crippen LogP contribution in [0.25, 0.3) is 11.3 Å². The summed E-state index contributed by atoms with van der Waals surface area (Å²) in [6.07, 6.45) is 3.30. The Kier molecular flexibility index (Phi) is 3.00. The number of fused-ring (bicyclic) bond motifs is 3. The van der Waals surface area contributed by atoms with Crippen LogP contribution in [0.15, 0.2) is 29.1 Å². The van der Waals surface area contributed by atoms with E-state index < -0.39 is 0 Å². The van der Waals surface area contributed by atoms with Crippen molar-refractivity contribution >= 4 is 0 Å². The van der Waals surface area contributed by atoms with E-state index in [1.807, 2.05) is 12.1 Å². The highest BCUT2D eigenvalue weighted by molar-refractivity contribution is 5.67. The van der Waals surface area contributed by atoms with Crippen LogP contribution in [-0.4, -0.2) is 16.7 Å². The number of hydrogen-bond donors (Lipinski definition) is 0. The zero-order chi connectivity index (χ0) is 15.1. The molecule has 4 nitrogen and oxygen atoms in total. The van der Waals surface area contributed by atoms with Gasteiger partial charge in [-0.1, -0.05) is 17.9 Å². The Morgan fingerprint density at radius 3 is 2.95 bits per heavy atom. The predicted molar refractivity (Wildman–Crippen MR) is 83.8 cm³/mol. The highest BCUT2D eigenvalue weighted by atomic mass is 16.5. The number of rotatable bonds is 1. The summed E-state index contributed by atoms with van der Waals surface area (Å²) in [4.78, 5) is 16.0. The lowest BCUT2D eigenvalue weighted by Crippen LogP contribution is -2.28. The summed E-state index contributed by atoms with van der Waals surface area (Å²) in [5, 5.41) is 0. The van der Waals surface area contributed by atoms with Gasteiger partial charge in [-0.15, -0.1) is 0 Å². The van der Waals surface area contributed by atoms with Gasteiger partial charge in [0.15, 0.2) is 0 Å². The van der Waals surface area contributed by atoms with Crippen LogP contribution in [0.3, 0.4) is 0 Å². The number of aromatic nitrogens is 2. The number of benzene rings is 1. The standard InChI is InChI=1S/C18H16N2O2/c1-22-17-11-16-15-7-6-13(5-4-12-2-3-12)10-14(15)8-9-20(16)18(21)19-17/h6-7,10-12H,2-3,8-9H2,1H3. The first kappa shape index (κ1) is 13.1. The van der Waals surface area contributed by atoms with Crippen molar-refractivity contribution in [1.82, 2.24) is 9.55 Å². The van der Waals surface area contributed by atoms with Gasteiger partial charge < -0.3 is 4.74 Å². The summed E-state index contributed by atoms with van der Waals surface area (Å²) in [7, 11) is 1.53. The van der Waals surface area contributed by atoms with Gasteiger partial charge >= 0.3 is 5.69 Å². The summed E-state index contributed by atoms with van der Waals surface area (Å²) >= 11 is 0. The molecule has 0 radical (unpaired) electrons. The van der Waals surface area contributed by atoms with Crippen molar-refractivity contribution in [2.45, 2.75) is 25.8 Å². The van der Waals surface area contributed by atoms with E-state index in [4.69, 9.17) is 4.74 Å². The molecule has 0 bridgehead atoms. The minimum Gasteiger partial charge on any atom is -0.481 e. The molecule has 1 aromatic carbocycles. The predicted octanol–water partition coefficient (Wildman–Crippen LogP) is 2.24. The van der Waals surface area contributed by atoms with E-state index in [9.17, 15) is 4.79 Å². The SMILES string of the molecule is COc1cc2n(c(=O)n1)CCc1cc(C#CC3CC3)ccc1-2. The highest BCUT2D eigenvalue weighted by Gasteiger charge is 2.20. The van der Waals surface area contributed by atoms with Crippen molar-refractivity contribution in [3.63, 3.8) is 0 Å². The van der Waals surface area contributed by atoms with Crippen LogP contribution in [-0.2, 0) is 13.0 Å². The van der Waals surface area contributed by atoms with E-state index >= 15 is 0 Å². The van der Waals surface area contributed by atoms with Crippen molar-refractivity contribution in [2.75, 3.05) is 7.11 Å². The van der Waals surface area contributed by atoms with E-state index in [1.165, 1.54) is 25.5 Å². The fourth-order valence-electron chi connectivity index (χ4n) is 2.80. The Morgan fingerprint density at radius 2 is 2.18 bits per heavy atom. The quantitative estimate of drug-likeness (QED) is 0.757. The van der Waals surface area contributed by atoms with Gasteiger partial charge in [0.25, 0.3) is 0 Å². The molecule has 0 N–H and O–H groups in total. The van der Waals surface area contributed by atoms with Crippen LogP contribution in [0.5, 0.6) is 5.88 Å². The molecular weight excluding hydrogens is 276 g/mol. The summed E-state index contributed by atoms with van der Waals surface area (Å²) in [6.45, 7) is 0.650. The van der Waals surface area contributed by atoms with Crippen molar-refractivity contribution in [2.24, 2.45) is 5.92 Å². The average molecular weight is 292 g/mol. The number of aryl methyl sites for hydroxylation is 1. The molecule has 1 aliphatic carbocycles. The molecule has 0 spiro atoms. The molecule has 2 heterocycles. The minimum absolute atomic E-state index is 0.252. The summed E-state index contributed by atoms with van der Waals surface area (Å²) in [5.74, 6) is 7.52. The van der Waals surface area contributed by atoms with Crippen LogP contribution >= 0.6 is 0 Å². The molecule has 4 rings (SSSR count). The first-order valence-electron chi connectivity index (χ1n) is 7.55. The summed E-state index contributed by atoms with van der Waals surface area (Å²) in [5.41, 5.74) is 3.98. The zero-order valence-corrected chi connectivity index (χ0v) is 12.4. The molecule has 22 heavy (non-hydrogen) atoms. The van der Waals surface area contributed by atoms with Gasteiger partial charge in [-0.3, -0.25) is 4.57 Å². The molecule has 0 saturated heterocycles. The van der Waals surface area contributed by atoms with Gasteiger partial charge in [0.2, 0.25) is 5.88 Å². The molecule has 1 fully saturated rings. The third-order valence-corrected chi connectivity index (χ3v) is 4.18. The molecule has 2 aromatic rings. The third-order valence-electron chi connectivity index (χ3n) is 4.18. The smallest absolute Gasteiger partial charge is 0.351 e. The van der Waals surface area contributed by atoms with Crippen molar-refractivity contribution in [3.8, 4) is 29.0 Å². The van der Waals surface area contributed by atoms with E-state index in [0.717, 1.165) is 23.2 Å². The first-order valence-corrected chi connectivity index (χ1v) is 7.55. The lowest BCUT2D eigenvalue weighted by molar-refractivity contribution is 0.392. The Balaban J connectivity index is 1.80. The van der Waals surface area contributed by atoms with Gasteiger partial charge in [0, 0.05) is 29.7 Å². The van der Waals surface area contributed by atoms with E-state index in [1.54, 1.807) is 4.57 Å². The molecular formula is C18H16N2O2. The zero-order valence-electron chi connectivity index (χ0n) is 12.4. The number of hydrogen-bond acceptors (Lipinski definition) is 3. The molecule has 4 heteroatoms. The summed E-state index contributed by atoms with van der Waals surface area (Å²) < 4.78 is 6.83. The maximum Gasteiger partial charge on any atom is 0.351 e. The molecule has 0 unspecified atom stereocenters. The Labute approximate surface area is 128 Å². The Morgan fingerprint density at radius 1 is 1.32 bits per heavy atom. The van der Waals surface area contributed by atoms with Crippen LogP contribution in [0.2, 0.25) is 0 Å². The molecule has 1 aliphatic heterocycles. The summed E-state index contributed by atoms with van der Waals surface area (Å²) in [6, 6.07) is 8.05. The average Bonchev–Trinajstić information content (AvgIpc) is 3.36. The first-order chi connectivity index (χ1) is 10.7. The number of ether oxygens (including phenoxy) is 1. The highest BCUT2D eigenvalue weighted by Crippen LogP contribution is 2.31. The Bertz CT molecular complexity index is 867. The van der Waals surface area contributed by atoms with Crippen molar-refractivity contribution in [3.05, 3.63) is 45.9 Å². The van der Waals surface area contributed by atoms with E-state index in [-0.39, 0.29) is 5.69 Å². The molecule has 2 aliphatic rings. The molecule has 0 amide bonds. The Hall–Kier alpha value is -2.54. The lowest BCUT2D eigenvalue weighted by atomic mass is 9.95. The van der Waals surface area contributed by atoms with Crippen LogP contribution in [0.1, 0.15) is 24.0 Å². The van der Waals surface area contributed by atoms with Crippen LogP contribution in [0, 0.1) is 17.8 Å². The number of nitrogens with zero attached hydrogens (tertiary/aromatic N) is 2.